The highest BCUT2D eigenvalue weighted by Crippen LogP contribution is 2.29. The fraction of sp³-hybridized carbons (Fsp3) is 0.385. The quantitative estimate of drug-likeness (QED) is 0.625. The van der Waals surface area contributed by atoms with Crippen molar-refractivity contribution >= 4 is 35.0 Å². The lowest BCUT2D eigenvalue weighted by Gasteiger charge is -2.20. The Morgan fingerprint density at radius 3 is 2.37 bits per heavy atom. The Morgan fingerprint density at radius 2 is 1.89 bits per heavy atom. The van der Waals surface area contributed by atoms with Crippen LogP contribution in [0.1, 0.15) is 29.3 Å². The van der Waals surface area contributed by atoms with Crippen LogP contribution in [0.15, 0.2) is 24.3 Å². The van der Waals surface area contributed by atoms with Crippen LogP contribution in [-0.2, 0) is 16.0 Å². The SMILES string of the molecule is CCC(O)(C(=O)O)C(=O)Cc1ccccc1C(Cl)Cl. The summed E-state index contributed by atoms with van der Waals surface area (Å²) in [4.78, 5) is 22.1. The number of halogens is 2. The first-order valence-corrected chi connectivity index (χ1v) is 6.55. The van der Waals surface area contributed by atoms with Crippen LogP contribution >= 0.6 is 23.2 Å². The number of hydrogen-bond acceptors (Lipinski definition) is 3. The lowest BCUT2D eigenvalue weighted by atomic mass is 9.90. The number of carbonyl (C=O) groups excluding carboxylic acids is 1. The molecule has 6 heteroatoms. The molecule has 19 heavy (non-hydrogen) atoms. The van der Waals surface area contributed by atoms with E-state index in [4.69, 9.17) is 28.3 Å². The minimum atomic E-state index is -2.37. The summed E-state index contributed by atoms with van der Waals surface area (Å²) in [6.45, 7) is 1.43. The van der Waals surface area contributed by atoms with Crippen LogP contribution in [0.5, 0.6) is 0 Å². The number of alkyl halides is 2. The Bertz CT molecular complexity index is 487. The Kier molecular flexibility index (Phi) is 5.35. The van der Waals surface area contributed by atoms with E-state index in [-0.39, 0.29) is 12.8 Å². The van der Waals surface area contributed by atoms with Gasteiger partial charge in [-0.15, -0.1) is 23.2 Å². The molecular formula is C13H14Cl2O4. The zero-order chi connectivity index (χ0) is 14.6. The number of Topliss-reactive ketones (excluding diaryl/α,β-unsaturated/α-hetero) is 1. The molecule has 2 N–H and O–H groups in total. The topological polar surface area (TPSA) is 74.6 Å². The molecule has 0 fully saturated rings. The van der Waals surface area contributed by atoms with E-state index in [1.807, 2.05) is 0 Å². The molecule has 0 saturated heterocycles. The lowest BCUT2D eigenvalue weighted by molar-refractivity contribution is -0.165. The standard InChI is InChI=1S/C13H14Cl2O4/c1-2-13(19,12(17)18)10(16)7-8-5-3-4-6-9(8)11(14)15/h3-6,11,19H,2,7H2,1H3,(H,17,18). The maximum atomic E-state index is 12.0. The summed E-state index contributed by atoms with van der Waals surface area (Å²) >= 11 is 11.6. The van der Waals surface area contributed by atoms with Crippen molar-refractivity contribution in [2.75, 3.05) is 0 Å². The fourth-order valence-corrected chi connectivity index (χ4v) is 2.12. The summed E-state index contributed by atoms with van der Waals surface area (Å²) < 4.78 is 0. The van der Waals surface area contributed by atoms with Crippen molar-refractivity contribution in [2.45, 2.75) is 30.2 Å². The van der Waals surface area contributed by atoms with Crippen LogP contribution < -0.4 is 0 Å². The molecule has 0 spiro atoms. The van der Waals surface area contributed by atoms with Gasteiger partial charge in [-0.3, -0.25) is 4.79 Å². The molecule has 0 bridgehead atoms. The van der Waals surface area contributed by atoms with E-state index in [1.165, 1.54) is 6.92 Å². The molecule has 0 aromatic heterocycles. The Morgan fingerprint density at radius 1 is 1.32 bits per heavy atom. The maximum absolute atomic E-state index is 12.0. The number of aliphatic carboxylic acids is 1. The molecule has 0 amide bonds. The average Bonchev–Trinajstić information content (AvgIpc) is 2.37. The van der Waals surface area contributed by atoms with Crippen LogP contribution in [0.3, 0.4) is 0 Å². The fourth-order valence-electron chi connectivity index (χ4n) is 1.69. The van der Waals surface area contributed by atoms with Gasteiger partial charge in [0.15, 0.2) is 5.78 Å². The van der Waals surface area contributed by atoms with E-state index < -0.39 is 22.2 Å². The Hall–Kier alpha value is -1.10. The molecule has 0 heterocycles. The van der Waals surface area contributed by atoms with Crippen LogP contribution in [0.2, 0.25) is 0 Å². The highest BCUT2D eigenvalue weighted by Gasteiger charge is 2.41. The van der Waals surface area contributed by atoms with Gasteiger partial charge in [0.25, 0.3) is 0 Å². The third-order valence-corrected chi connectivity index (χ3v) is 3.44. The third-order valence-electron chi connectivity index (χ3n) is 2.97. The minimum Gasteiger partial charge on any atom is -0.479 e. The highest BCUT2D eigenvalue weighted by atomic mass is 35.5. The smallest absolute Gasteiger partial charge is 0.343 e. The zero-order valence-electron chi connectivity index (χ0n) is 10.3. The van der Waals surface area contributed by atoms with E-state index in [9.17, 15) is 14.7 Å². The summed E-state index contributed by atoms with van der Waals surface area (Å²) in [5.74, 6) is -2.34. The number of carbonyl (C=O) groups is 2. The van der Waals surface area contributed by atoms with Crippen molar-refractivity contribution in [3.63, 3.8) is 0 Å². The van der Waals surface area contributed by atoms with Crippen LogP contribution in [0.4, 0.5) is 0 Å². The summed E-state index contributed by atoms with van der Waals surface area (Å²) in [5, 5.41) is 18.8. The van der Waals surface area contributed by atoms with Crippen molar-refractivity contribution < 1.29 is 19.8 Å². The monoisotopic (exact) mass is 304 g/mol. The lowest BCUT2D eigenvalue weighted by Crippen LogP contribution is -2.47. The largest absolute Gasteiger partial charge is 0.479 e. The molecule has 0 aliphatic carbocycles. The summed E-state index contributed by atoms with van der Waals surface area (Å²) in [5.41, 5.74) is -1.33. The maximum Gasteiger partial charge on any atom is 0.343 e. The molecule has 4 nitrogen and oxygen atoms in total. The van der Waals surface area contributed by atoms with Gasteiger partial charge >= 0.3 is 5.97 Å². The molecular weight excluding hydrogens is 291 g/mol. The molecule has 1 aromatic carbocycles. The summed E-state index contributed by atoms with van der Waals surface area (Å²) in [7, 11) is 0. The van der Waals surface area contributed by atoms with Gasteiger partial charge in [-0.05, 0) is 17.5 Å². The molecule has 0 radical (unpaired) electrons. The molecule has 1 atom stereocenters. The zero-order valence-corrected chi connectivity index (χ0v) is 11.8. The number of carboxylic acids is 1. The second-order valence-corrected chi connectivity index (χ2v) is 5.21. The van der Waals surface area contributed by atoms with E-state index >= 15 is 0 Å². The highest BCUT2D eigenvalue weighted by molar-refractivity contribution is 6.44. The first kappa shape index (κ1) is 16.0. The van der Waals surface area contributed by atoms with Crippen LogP contribution in [-0.4, -0.2) is 27.6 Å². The van der Waals surface area contributed by atoms with E-state index in [0.29, 0.717) is 11.1 Å². The number of hydrogen-bond donors (Lipinski definition) is 2. The number of rotatable bonds is 6. The van der Waals surface area contributed by atoms with Crippen molar-refractivity contribution in [2.24, 2.45) is 0 Å². The molecule has 1 rings (SSSR count). The Balaban J connectivity index is 3.03. The van der Waals surface area contributed by atoms with Crippen molar-refractivity contribution in [3.8, 4) is 0 Å². The van der Waals surface area contributed by atoms with E-state index in [2.05, 4.69) is 0 Å². The first-order valence-electron chi connectivity index (χ1n) is 5.68. The second-order valence-electron chi connectivity index (χ2n) is 4.12. The number of ketones is 1. The number of aliphatic hydroxyl groups is 1. The van der Waals surface area contributed by atoms with Gasteiger partial charge in [0.1, 0.15) is 4.84 Å². The van der Waals surface area contributed by atoms with Gasteiger partial charge in [0.05, 0.1) is 0 Å². The molecule has 104 valence electrons. The molecule has 0 aliphatic rings. The van der Waals surface area contributed by atoms with Crippen molar-refractivity contribution in [1.29, 1.82) is 0 Å². The van der Waals surface area contributed by atoms with Gasteiger partial charge < -0.3 is 10.2 Å². The number of carboxylic acid groups (broad SMARTS) is 1. The molecule has 0 saturated carbocycles. The van der Waals surface area contributed by atoms with Gasteiger partial charge in [-0.25, -0.2) is 4.79 Å². The summed E-state index contributed by atoms with van der Waals surface area (Å²) in [6, 6.07) is 6.68. The van der Waals surface area contributed by atoms with Crippen molar-refractivity contribution in [1.82, 2.24) is 0 Å². The number of benzene rings is 1. The second kappa shape index (κ2) is 6.37. The molecule has 1 aromatic rings. The first-order chi connectivity index (χ1) is 8.82. The third kappa shape index (κ3) is 3.47. The van der Waals surface area contributed by atoms with Crippen LogP contribution in [0.25, 0.3) is 0 Å². The Labute approximate surface area is 121 Å². The van der Waals surface area contributed by atoms with Crippen molar-refractivity contribution in [3.05, 3.63) is 35.4 Å². The molecule has 0 aliphatic heterocycles. The normalized spacial score (nSPS) is 14.2. The molecule has 1 unspecified atom stereocenters. The van der Waals surface area contributed by atoms with E-state index in [0.717, 1.165) is 0 Å². The van der Waals surface area contributed by atoms with Gasteiger partial charge in [0.2, 0.25) is 5.60 Å². The summed E-state index contributed by atoms with van der Waals surface area (Å²) in [6.07, 6.45) is -0.433. The van der Waals surface area contributed by atoms with Gasteiger partial charge in [0, 0.05) is 6.42 Å². The predicted molar refractivity (Wildman–Crippen MR) is 72.5 cm³/mol. The average molecular weight is 305 g/mol. The predicted octanol–water partition coefficient (Wildman–Crippen LogP) is 2.50. The minimum absolute atomic E-state index is 0.200. The van der Waals surface area contributed by atoms with Gasteiger partial charge in [-0.2, -0.15) is 0 Å². The van der Waals surface area contributed by atoms with Crippen LogP contribution in [0, 0.1) is 0 Å². The van der Waals surface area contributed by atoms with Gasteiger partial charge in [-0.1, -0.05) is 31.2 Å². The van der Waals surface area contributed by atoms with E-state index in [1.54, 1.807) is 24.3 Å².